The maximum Gasteiger partial charge on any atom is 1.00 e. The van der Waals surface area contributed by atoms with Crippen molar-refractivity contribution < 1.29 is 28.8 Å². The average molecular weight is 386 g/mol. The Morgan fingerprint density at radius 3 is 1.57 bits per heavy atom. The molecule has 0 aromatic heterocycles. The van der Waals surface area contributed by atoms with Gasteiger partial charge in [0, 0.05) is 19.6 Å². The van der Waals surface area contributed by atoms with Crippen LogP contribution in [0.25, 0.3) is 0 Å². The van der Waals surface area contributed by atoms with E-state index in [0.29, 0.717) is 11.8 Å². The molecule has 0 rings (SSSR count). The van der Waals surface area contributed by atoms with Gasteiger partial charge in [0.25, 0.3) is 0 Å². The van der Waals surface area contributed by atoms with Crippen LogP contribution in [-0.4, -0.2) is 30.5 Å². The smallest absolute Gasteiger partial charge is 0.549 e. The van der Waals surface area contributed by atoms with Crippen molar-refractivity contribution in [2.24, 2.45) is 11.8 Å². The van der Waals surface area contributed by atoms with Gasteiger partial charge in [-0.3, -0.25) is 4.90 Å². The first-order valence-corrected chi connectivity index (χ1v) is 11.2. The number of nitrogens with zero attached hydrogens (tertiary/aromatic N) is 1. The first-order valence-electron chi connectivity index (χ1n) is 11.2. The van der Waals surface area contributed by atoms with E-state index in [-0.39, 0.29) is 25.4 Å². The second kappa shape index (κ2) is 21.2. The molecule has 28 heavy (non-hydrogen) atoms. The van der Waals surface area contributed by atoms with E-state index in [9.17, 15) is 9.90 Å². The fourth-order valence-electron chi connectivity index (χ4n) is 3.33. The molecule has 4 heteroatoms. The molecule has 2 atom stereocenters. The number of carboxylic acid groups (broad SMARTS) is 1. The van der Waals surface area contributed by atoms with E-state index >= 15 is 0 Å². The van der Waals surface area contributed by atoms with Gasteiger partial charge in [-0.25, -0.2) is 0 Å². The fourth-order valence-corrected chi connectivity index (χ4v) is 3.33. The van der Waals surface area contributed by atoms with E-state index in [1.54, 1.807) is 0 Å². The predicted molar refractivity (Wildman–Crippen MR) is 116 cm³/mol. The van der Waals surface area contributed by atoms with Gasteiger partial charge in [-0.2, -0.15) is 0 Å². The Morgan fingerprint density at radius 1 is 0.821 bits per heavy atom. The number of allylic oxidation sites excluding steroid dienone is 4. The van der Waals surface area contributed by atoms with Crippen molar-refractivity contribution in [1.82, 2.24) is 4.90 Å². The average Bonchev–Trinajstić information content (AvgIpc) is 2.60. The zero-order chi connectivity index (χ0) is 20.3. The molecule has 0 fully saturated rings. The van der Waals surface area contributed by atoms with Crippen molar-refractivity contribution in [3.63, 3.8) is 0 Å². The van der Waals surface area contributed by atoms with Crippen LogP contribution in [0.4, 0.5) is 0 Å². The molecule has 0 aliphatic carbocycles. The Bertz CT molecular complexity index is 379. The molecule has 0 radical (unpaired) electrons. The van der Waals surface area contributed by atoms with E-state index in [2.05, 4.69) is 56.9 Å². The van der Waals surface area contributed by atoms with Crippen LogP contribution in [0.2, 0.25) is 0 Å². The topological polar surface area (TPSA) is 43.4 Å². The summed E-state index contributed by atoms with van der Waals surface area (Å²) in [5, 5.41) is 11.1. The maximum atomic E-state index is 11.1. The van der Waals surface area contributed by atoms with Crippen molar-refractivity contribution in [2.75, 3.05) is 19.6 Å². The first-order chi connectivity index (χ1) is 13.0. The molecule has 0 amide bonds. The van der Waals surface area contributed by atoms with Crippen LogP contribution in [0.3, 0.4) is 0 Å². The van der Waals surface area contributed by atoms with Gasteiger partial charge < -0.3 is 9.90 Å². The van der Waals surface area contributed by atoms with Crippen molar-refractivity contribution in [1.29, 1.82) is 0 Å². The zero-order valence-corrected chi connectivity index (χ0v) is 19.4. The largest absolute Gasteiger partial charge is 1.00 e. The maximum absolute atomic E-state index is 11.1. The van der Waals surface area contributed by atoms with Gasteiger partial charge in [-0.1, -0.05) is 77.7 Å². The van der Waals surface area contributed by atoms with E-state index in [1.165, 1.54) is 38.5 Å². The summed E-state index contributed by atoms with van der Waals surface area (Å²) in [6, 6.07) is 0. The molecule has 0 saturated heterocycles. The van der Waals surface area contributed by atoms with Gasteiger partial charge in [-0.05, 0) is 50.4 Å². The summed E-state index contributed by atoms with van der Waals surface area (Å²) in [5.41, 5.74) is 0. The number of hydrogen-bond donors (Lipinski definition) is 0. The summed E-state index contributed by atoms with van der Waals surface area (Å²) in [4.78, 5) is 13.2. The molecule has 0 aromatic carbocycles. The Labute approximate surface area is 187 Å². The summed E-state index contributed by atoms with van der Waals surface area (Å²) in [5.74, 6) is 0.0379. The number of rotatable bonds is 18. The van der Waals surface area contributed by atoms with E-state index in [0.717, 1.165) is 38.8 Å². The van der Waals surface area contributed by atoms with Crippen LogP contribution in [-0.2, 0) is 4.79 Å². The van der Waals surface area contributed by atoms with Gasteiger partial charge in [-0.15, -0.1) is 0 Å². The summed E-state index contributed by atoms with van der Waals surface area (Å²) in [6.45, 7) is 10.6. The van der Waals surface area contributed by atoms with Crippen LogP contribution in [0.5, 0.6) is 0 Å². The van der Waals surface area contributed by atoms with E-state index < -0.39 is 5.97 Å². The number of unbranched alkanes of at least 4 members (excludes halogenated alkanes) is 4. The number of carbonyl (C=O) groups excluding carboxylic acids is 1. The standard InChI is InChI=1S/C24H45NO2.Li/c1-5-7-9-11-13-15-17-22(3)19-25(21-24(26)27)20-23(4)18-16-14-12-10-8-6-2;/h11-14,22-23H,5-10,15-21H2,1-4H3,(H,26,27);/q;+1/p-1/b13-11+,14-12+;. The molecule has 158 valence electrons. The van der Waals surface area contributed by atoms with Crippen LogP contribution in [0.1, 0.15) is 91.9 Å². The van der Waals surface area contributed by atoms with Gasteiger partial charge >= 0.3 is 18.9 Å². The monoisotopic (exact) mass is 385 g/mol. The normalized spacial score (nSPS) is 13.9. The molecule has 2 unspecified atom stereocenters. The summed E-state index contributed by atoms with van der Waals surface area (Å²) < 4.78 is 0. The Morgan fingerprint density at radius 2 is 1.21 bits per heavy atom. The van der Waals surface area contributed by atoms with Gasteiger partial charge in [0.05, 0.1) is 5.97 Å². The van der Waals surface area contributed by atoms with Crippen molar-refractivity contribution in [3.05, 3.63) is 24.3 Å². The quantitative estimate of drug-likeness (QED) is 0.207. The van der Waals surface area contributed by atoms with Crippen LogP contribution < -0.4 is 24.0 Å². The van der Waals surface area contributed by atoms with Crippen molar-refractivity contribution >= 4 is 5.97 Å². The first kappa shape index (κ1) is 29.7. The molecule has 0 N–H and O–H groups in total. The SMILES string of the molecule is CCCC/C=C/CCC(C)CN(CC(=O)[O-])CC(C)CC/C=C/CCCC.[Li+]. The number of carbonyl (C=O) groups is 1. The summed E-state index contributed by atoms with van der Waals surface area (Å²) in [7, 11) is 0. The van der Waals surface area contributed by atoms with Crippen LogP contribution in [0.15, 0.2) is 24.3 Å². The second-order valence-corrected chi connectivity index (χ2v) is 8.16. The third kappa shape index (κ3) is 20.2. The number of hydrogen-bond acceptors (Lipinski definition) is 3. The number of aliphatic carboxylic acids is 1. The van der Waals surface area contributed by atoms with E-state index in [1.807, 2.05) is 0 Å². The fraction of sp³-hybridized carbons (Fsp3) is 0.792. The van der Waals surface area contributed by atoms with Crippen molar-refractivity contribution in [2.45, 2.75) is 91.9 Å². The van der Waals surface area contributed by atoms with Gasteiger partial charge in [0.1, 0.15) is 0 Å². The molecule has 0 heterocycles. The summed E-state index contributed by atoms with van der Waals surface area (Å²) >= 11 is 0. The molecule has 0 aliphatic heterocycles. The van der Waals surface area contributed by atoms with Crippen LogP contribution >= 0.6 is 0 Å². The minimum atomic E-state index is -0.965. The molecule has 0 bridgehead atoms. The molecule has 0 saturated carbocycles. The molecule has 0 spiro atoms. The Kier molecular flexibility index (Phi) is 22.5. The zero-order valence-electron chi connectivity index (χ0n) is 19.4. The molecular weight excluding hydrogens is 341 g/mol. The van der Waals surface area contributed by atoms with Crippen LogP contribution in [0, 0.1) is 11.8 Å². The minimum Gasteiger partial charge on any atom is -0.549 e. The predicted octanol–water partition coefficient (Wildman–Crippen LogP) is 2.37. The Balaban J connectivity index is 0. The molecular formula is C24H44LiNO2. The van der Waals surface area contributed by atoms with Gasteiger partial charge in [0.2, 0.25) is 0 Å². The third-order valence-electron chi connectivity index (χ3n) is 4.93. The molecule has 3 nitrogen and oxygen atoms in total. The summed E-state index contributed by atoms with van der Waals surface area (Å²) in [6.07, 6.45) is 20.9. The second-order valence-electron chi connectivity index (χ2n) is 8.16. The van der Waals surface area contributed by atoms with Gasteiger partial charge in [0.15, 0.2) is 0 Å². The minimum absolute atomic E-state index is 0. The van der Waals surface area contributed by atoms with E-state index in [4.69, 9.17) is 0 Å². The van der Waals surface area contributed by atoms with Crippen molar-refractivity contribution in [3.8, 4) is 0 Å². The Hall–Kier alpha value is -0.493. The molecule has 0 aliphatic rings. The molecule has 0 aromatic rings. The number of carboxylic acids is 1. The third-order valence-corrected chi connectivity index (χ3v) is 4.93.